The Morgan fingerprint density at radius 3 is 2.60 bits per heavy atom. The highest BCUT2D eigenvalue weighted by Crippen LogP contribution is 2.33. The van der Waals surface area contributed by atoms with Crippen LogP contribution in [0.15, 0.2) is 42.5 Å². The second-order valence-electron chi connectivity index (χ2n) is 4.93. The Morgan fingerprint density at radius 2 is 1.92 bits per heavy atom. The Labute approximate surface area is 142 Å². The van der Waals surface area contributed by atoms with Crippen LogP contribution < -0.4 is 5.32 Å². The summed E-state index contributed by atoms with van der Waals surface area (Å²) >= 11 is 0.936. The number of aromatic nitrogens is 1. The Balaban J connectivity index is 1.92. The molecule has 0 saturated carbocycles. The molecule has 0 aliphatic rings. The summed E-state index contributed by atoms with van der Waals surface area (Å²) < 4.78 is 39.4. The van der Waals surface area contributed by atoms with Gasteiger partial charge in [0.05, 0.1) is 26.3 Å². The predicted molar refractivity (Wildman–Crippen MR) is 85.7 cm³/mol. The fourth-order valence-corrected chi connectivity index (χ4v) is 3.07. The molecule has 0 saturated heterocycles. The van der Waals surface area contributed by atoms with Gasteiger partial charge in [-0.2, -0.15) is 13.2 Å². The van der Waals surface area contributed by atoms with E-state index in [2.05, 4.69) is 10.3 Å². The molecule has 10 heteroatoms. The molecular weight excluding hydrogens is 359 g/mol. The van der Waals surface area contributed by atoms with Crippen LogP contribution in [0.4, 0.5) is 24.0 Å². The lowest BCUT2D eigenvalue weighted by molar-refractivity contribution is -0.384. The van der Waals surface area contributed by atoms with E-state index in [1.807, 2.05) is 0 Å². The molecule has 2 aromatic carbocycles. The molecular formula is C15H8F3N3O3S. The van der Waals surface area contributed by atoms with Gasteiger partial charge in [-0.3, -0.25) is 20.2 Å². The van der Waals surface area contributed by atoms with E-state index in [9.17, 15) is 28.1 Å². The van der Waals surface area contributed by atoms with Crippen molar-refractivity contribution >= 4 is 38.3 Å². The standard InChI is InChI=1S/C15H8F3N3O3S/c16-15(17,18)10-4-2-1-3-9(10)13(22)20-14-19-11-6-5-8(21(23)24)7-12(11)25-14/h1-7H,(H,19,20,22). The molecule has 0 spiro atoms. The molecule has 1 heterocycles. The van der Waals surface area contributed by atoms with Crippen molar-refractivity contribution in [1.82, 2.24) is 4.98 Å². The normalized spacial score (nSPS) is 11.5. The lowest BCUT2D eigenvalue weighted by Gasteiger charge is -2.11. The first-order valence-corrected chi connectivity index (χ1v) is 7.60. The zero-order chi connectivity index (χ0) is 18.2. The molecule has 0 atom stereocenters. The molecule has 1 N–H and O–H groups in total. The molecule has 0 radical (unpaired) electrons. The number of non-ortho nitro benzene ring substituents is 1. The molecule has 1 aromatic heterocycles. The number of hydrogen-bond acceptors (Lipinski definition) is 5. The molecule has 0 unspecified atom stereocenters. The molecule has 6 nitrogen and oxygen atoms in total. The molecule has 0 bridgehead atoms. The number of nitrogens with one attached hydrogen (secondary N) is 1. The van der Waals surface area contributed by atoms with Crippen LogP contribution in [0.2, 0.25) is 0 Å². The van der Waals surface area contributed by atoms with Crippen LogP contribution in [-0.2, 0) is 6.18 Å². The third kappa shape index (κ3) is 3.43. The largest absolute Gasteiger partial charge is 0.417 e. The van der Waals surface area contributed by atoms with E-state index >= 15 is 0 Å². The average Bonchev–Trinajstić information content (AvgIpc) is 2.95. The quantitative estimate of drug-likeness (QED) is 0.546. The summed E-state index contributed by atoms with van der Waals surface area (Å²) in [5, 5.41) is 13.1. The Morgan fingerprint density at radius 1 is 1.20 bits per heavy atom. The van der Waals surface area contributed by atoms with Gasteiger partial charge in [0.15, 0.2) is 5.13 Å². The summed E-state index contributed by atoms with van der Waals surface area (Å²) in [6, 6.07) is 8.34. The highest BCUT2D eigenvalue weighted by Gasteiger charge is 2.35. The first-order valence-electron chi connectivity index (χ1n) is 6.78. The number of fused-ring (bicyclic) bond motifs is 1. The van der Waals surface area contributed by atoms with E-state index in [-0.39, 0.29) is 10.8 Å². The number of nitro groups is 1. The van der Waals surface area contributed by atoms with Gasteiger partial charge >= 0.3 is 6.18 Å². The van der Waals surface area contributed by atoms with Crippen LogP contribution in [0.1, 0.15) is 15.9 Å². The minimum absolute atomic E-state index is 0.0532. The number of nitro benzene ring substituents is 1. The Bertz CT molecular complexity index is 985. The van der Waals surface area contributed by atoms with E-state index in [1.54, 1.807) is 0 Å². The fraction of sp³-hybridized carbons (Fsp3) is 0.0667. The van der Waals surface area contributed by atoms with E-state index < -0.39 is 28.1 Å². The van der Waals surface area contributed by atoms with Crippen molar-refractivity contribution < 1.29 is 22.9 Å². The van der Waals surface area contributed by atoms with Crippen molar-refractivity contribution in [2.45, 2.75) is 6.18 Å². The SMILES string of the molecule is O=C(Nc1nc2ccc([N+](=O)[O-])cc2s1)c1ccccc1C(F)(F)F. The molecule has 0 aliphatic carbocycles. The van der Waals surface area contributed by atoms with Crippen molar-refractivity contribution in [2.24, 2.45) is 0 Å². The summed E-state index contributed by atoms with van der Waals surface area (Å²) in [5.41, 5.74) is -1.32. The van der Waals surface area contributed by atoms with Crippen molar-refractivity contribution in [3.05, 3.63) is 63.7 Å². The van der Waals surface area contributed by atoms with Gasteiger partial charge in [0.25, 0.3) is 11.6 Å². The van der Waals surface area contributed by atoms with Gasteiger partial charge in [0.2, 0.25) is 0 Å². The summed E-state index contributed by atoms with van der Waals surface area (Å²) in [4.78, 5) is 26.4. The number of hydrogen-bond donors (Lipinski definition) is 1. The molecule has 3 rings (SSSR count). The van der Waals surface area contributed by atoms with Gasteiger partial charge in [-0.25, -0.2) is 4.98 Å². The molecule has 3 aromatic rings. The summed E-state index contributed by atoms with van der Waals surface area (Å²) in [6.45, 7) is 0. The van der Waals surface area contributed by atoms with Gasteiger partial charge in [-0.1, -0.05) is 23.5 Å². The number of alkyl halides is 3. The number of benzene rings is 2. The highest BCUT2D eigenvalue weighted by molar-refractivity contribution is 7.22. The molecule has 128 valence electrons. The molecule has 25 heavy (non-hydrogen) atoms. The number of carbonyl (C=O) groups is 1. The van der Waals surface area contributed by atoms with Crippen molar-refractivity contribution in [3.8, 4) is 0 Å². The average molecular weight is 367 g/mol. The van der Waals surface area contributed by atoms with Crippen LogP contribution in [-0.4, -0.2) is 15.8 Å². The van der Waals surface area contributed by atoms with Gasteiger partial charge in [0.1, 0.15) is 0 Å². The van der Waals surface area contributed by atoms with E-state index in [1.165, 1.54) is 30.3 Å². The number of thiazole rings is 1. The molecule has 0 fully saturated rings. The van der Waals surface area contributed by atoms with Crippen molar-refractivity contribution in [3.63, 3.8) is 0 Å². The predicted octanol–water partition coefficient (Wildman–Crippen LogP) is 4.48. The number of rotatable bonds is 3. The maximum absolute atomic E-state index is 13.0. The zero-order valence-corrected chi connectivity index (χ0v) is 13.0. The number of anilines is 1. The second-order valence-corrected chi connectivity index (χ2v) is 5.96. The van der Waals surface area contributed by atoms with Crippen LogP contribution in [0, 0.1) is 10.1 Å². The van der Waals surface area contributed by atoms with Gasteiger partial charge in [-0.15, -0.1) is 0 Å². The van der Waals surface area contributed by atoms with Gasteiger partial charge < -0.3 is 0 Å². The second kappa shape index (κ2) is 6.13. The molecule has 0 aliphatic heterocycles. The van der Waals surface area contributed by atoms with Gasteiger partial charge in [-0.05, 0) is 18.2 Å². The third-order valence-corrected chi connectivity index (χ3v) is 4.21. The fourth-order valence-electron chi connectivity index (χ4n) is 2.17. The van der Waals surface area contributed by atoms with Gasteiger partial charge in [0, 0.05) is 12.1 Å². The van der Waals surface area contributed by atoms with Crippen LogP contribution in [0.5, 0.6) is 0 Å². The first kappa shape index (κ1) is 16.8. The monoisotopic (exact) mass is 367 g/mol. The van der Waals surface area contributed by atoms with E-state index in [0.717, 1.165) is 23.5 Å². The van der Waals surface area contributed by atoms with Crippen molar-refractivity contribution in [1.29, 1.82) is 0 Å². The zero-order valence-electron chi connectivity index (χ0n) is 12.2. The number of carbonyl (C=O) groups excluding carboxylic acids is 1. The lowest BCUT2D eigenvalue weighted by atomic mass is 10.1. The Kier molecular flexibility index (Phi) is 4.13. The van der Waals surface area contributed by atoms with Crippen LogP contribution in [0.25, 0.3) is 10.2 Å². The number of amides is 1. The summed E-state index contributed by atoms with van der Waals surface area (Å²) in [6.07, 6.45) is -4.66. The van der Waals surface area contributed by atoms with E-state index in [4.69, 9.17) is 0 Å². The van der Waals surface area contributed by atoms with E-state index in [0.29, 0.717) is 10.2 Å². The Hall–Kier alpha value is -3.01. The minimum Gasteiger partial charge on any atom is -0.298 e. The summed E-state index contributed by atoms with van der Waals surface area (Å²) in [7, 11) is 0. The summed E-state index contributed by atoms with van der Waals surface area (Å²) in [5.74, 6) is -0.957. The molecule has 1 amide bonds. The van der Waals surface area contributed by atoms with Crippen LogP contribution >= 0.6 is 11.3 Å². The number of nitrogens with zero attached hydrogens (tertiary/aromatic N) is 2. The van der Waals surface area contributed by atoms with Crippen LogP contribution in [0.3, 0.4) is 0 Å². The number of halogens is 3. The minimum atomic E-state index is -4.66. The first-order chi connectivity index (χ1) is 11.8. The lowest BCUT2D eigenvalue weighted by Crippen LogP contribution is -2.18. The highest BCUT2D eigenvalue weighted by atomic mass is 32.1. The smallest absolute Gasteiger partial charge is 0.298 e. The topological polar surface area (TPSA) is 85.1 Å². The maximum atomic E-state index is 13.0. The maximum Gasteiger partial charge on any atom is 0.417 e. The van der Waals surface area contributed by atoms with Crippen molar-refractivity contribution in [2.75, 3.05) is 5.32 Å². The third-order valence-electron chi connectivity index (χ3n) is 3.28.